The molecule has 0 saturated carbocycles. The van der Waals surface area contributed by atoms with Crippen molar-refractivity contribution in [2.45, 2.75) is 97.0 Å². The summed E-state index contributed by atoms with van der Waals surface area (Å²) in [5, 5.41) is 0. The van der Waals surface area contributed by atoms with Crippen LogP contribution in [0.5, 0.6) is 0 Å². The highest BCUT2D eigenvalue weighted by molar-refractivity contribution is 5.96. The van der Waals surface area contributed by atoms with Gasteiger partial charge in [0.1, 0.15) is 11.9 Å². The summed E-state index contributed by atoms with van der Waals surface area (Å²) in [7, 11) is 0. The van der Waals surface area contributed by atoms with E-state index in [9.17, 15) is 9.59 Å². The summed E-state index contributed by atoms with van der Waals surface area (Å²) >= 11 is 0. The van der Waals surface area contributed by atoms with E-state index in [4.69, 9.17) is 4.74 Å². The number of unbranched alkanes of at least 4 members (excludes halogenated alkanes) is 9. The van der Waals surface area contributed by atoms with Crippen molar-refractivity contribution in [2.75, 3.05) is 0 Å². The van der Waals surface area contributed by atoms with Gasteiger partial charge in [0.05, 0.1) is 0 Å². The molecule has 3 heteroatoms. The number of Topliss-reactive ketones (excluding diaryl/α,β-unsaturated/α-hetero) is 1. The number of hydrogen-bond donors (Lipinski definition) is 0. The first-order chi connectivity index (χ1) is 10.6. The molecule has 22 heavy (non-hydrogen) atoms. The molecule has 1 aliphatic heterocycles. The predicted molar refractivity (Wildman–Crippen MR) is 89.7 cm³/mol. The maximum absolute atomic E-state index is 11.6. The van der Waals surface area contributed by atoms with Crippen LogP contribution in [0.1, 0.15) is 90.9 Å². The van der Waals surface area contributed by atoms with Crippen LogP contribution in [0.15, 0.2) is 11.6 Å². The van der Waals surface area contributed by atoms with Crippen LogP contribution >= 0.6 is 0 Å². The molecule has 0 aromatic carbocycles. The van der Waals surface area contributed by atoms with Gasteiger partial charge in [0.25, 0.3) is 0 Å². The van der Waals surface area contributed by atoms with Crippen molar-refractivity contribution >= 4 is 11.8 Å². The van der Waals surface area contributed by atoms with Crippen LogP contribution in [0, 0.1) is 0 Å². The van der Waals surface area contributed by atoms with Crippen LogP contribution in [0.3, 0.4) is 0 Å². The van der Waals surface area contributed by atoms with Crippen molar-refractivity contribution in [3.05, 3.63) is 11.6 Å². The lowest BCUT2D eigenvalue weighted by Crippen LogP contribution is -2.08. The third-order valence-electron chi connectivity index (χ3n) is 4.19. The summed E-state index contributed by atoms with van der Waals surface area (Å²) in [5.74, 6) is -0.282. The first-order valence-electron chi connectivity index (χ1n) is 9.04. The molecule has 1 heterocycles. The van der Waals surface area contributed by atoms with Crippen molar-refractivity contribution in [1.82, 2.24) is 0 Å². The highest BCUT2D eigenvalue weighted by Gasteiger charge is 2.25. The first kappa shape index (κ1) is 18.9. The van der Waals surface area contributed by atoms with Gasteiger partial charge in [0, 0.05) is 12.0 Å². The molecule has 3 nitrogen and oxygen atoms in total. The van der Waals surface area contributed by atoms with E-state index < -0.39 is 0 Å². The number of carbonyl (C=O) groups excluding carboxylic acids is 2. The Bertz CT molecular complexity index is 371. The second-order valence-electron chi connectivity index (χ2n) is 6.49. The Labute approximate surface area is 135 Å². The highest BCUT2D eigenvalue weighted by atomic mass is 16.5. The molecule has 0 spiro atoms. The van der Waals surface area contributed by atoms with Crippen LogP contribution in [0.25, 0.3) is 0 Å². The Morgan fingerprint density at radius 2 is 1.55 bits per heavy atom. The smallest absolute Gasteiger partial charge is 0.334 e. The molecular formula is C19H32O3. The van der Waals surface area contributed by atoms with Crippen molar-refractivity contribution in [3.63, 3.8) is 0 Å². The van der Waals surface area contributed by atoms with Crippen LogP contribution < -0.4 is 0 Å². The number of ether oxygens (including phenoxy) is 1. The van der Waals surface area contributed by atoms with Gasteiger partial charge >= 0.3 is 5.97 Å². The second-order valence-corrected chi connectivity index (χ2v) is 6.49. The zero-order valence-electron chi connectivity index (χ0n) is 14.4. The average molecular weight is 308 g/mol. The number of carbonyl (C=O) groups is 2. The van der Waals surface area contributed by atoms with Gasteiger partial charge in [-0.2, -0.15) is 0 Å². The topological polar surface area (TPSA) is 43.4 Å². The summed E-state index contributed by atoms with van der Waals surface area (Å²) in [5.41, 5.74) is 0.546. The van der Waals surface area contributed by atoms with Crippen molar-refractivity contribution in [1.29, 1.82) is 0 Å². The maximum atomic E-state index is 11.6. The molecule has 0 fully saturated rings. The van der Waals surface area contributed by atoms with Gasteiger partial charge in [-0.3, -0.25) is 4.79 Å². The monoisotopic (exact) mass is 308 g/mol. The molecule has 0 N–H and O–H groups in total. The van der Waals surface area contributed by atoms with Gasteiger partial charge in [-0.15, -0.1) is 0 Å². The molecule has 1 rings (SSSR count). The van der Waals surface area contributed by atoms with E-state index >= 15 is 0 Å². The fourth-order valence-electron chi connectivity index (χ4n) is 2.91. The average Bonchev–Trinajstić information content (AvgIpc) is 2.80. The normalized spacial score (nSPS) is 17.5. The van der Waals surface area contributed by atoms with Crippen molar-refractivity contribution in [2.24, 2.45) is 0 Å². The van der Waals surface area contributed by atoms with Crippen LogP contribution in [-0.4, -0.2) is 17.9 Å². The molecular weight excluding hydrogens is 276 g/mol. The van der Waals surface area contributed by atoms with Gasteiger partial charge in [-0.25, -0.2) is 4.79 Å². The second kappa shape index (κ2) is 11.4. The standard InChI is InChI=1S/C19H32O3/c1-3-4-5-6-7-8-9-10-11-12-13-18-15-17(14-16(2)20)19(21)22-18/h15,18H,3-14H2,1-2H3. The molecule has 0 aromatic rings. The Hall–Kier alpha value is -1.12. The minimum Gasteiger partial charge on any atom is -0.455 e. The molecule has 0 aromatic heterocycles. The van der Waals surface area contributed by atoms with E-state index in [0.29, 0.717) is 5.57 Å². The molecule has 1 unspecified atom stereocenters. The van der Waals surface area contributed by atoms with Crippen molar-refractivity contribution < 1.29 is 14.3 Å². The number of rotatable bonds is 13. The number of ketones is 1. The van der Waals surface area contributed by atoms with E-state index in [0.717, 1.165) is 12.8 Å². The van der Waals surface area contributed by atoms with E-state index in [2.05, 4.69) is 6.92 Å². The van der Waals surface area contributed by atoms with Crippen LogP contribution in [-0.2, 0) is 14.3 Å². The Morgan fingerprint density at radius 1 is 1.00 bits per heavy atom. The molecule has 0 aliphatic carbocycles. The predicted octanol–water partition coefficient (Wildman–Crippen LogP) is 5.13. The quantitative estimate of drug-likeness (QED) is 0.350. The fourth-order valence-corrected chi connectivity index (χ4v) is 2.91. The van der Waals surface area contributed by atoms with Crippen LogP contribution in [0.2, 0.25) is 0 Å². The molecule has 0 saturated heterocycles. The highest BCUT2D eigenvalue weighted by Crippen LogP contribution is 2.21. The maximum Gasteiger partial charge on any atom is 0.334 e. The van der Waals surface area contributed by atoms with Gasteiger partial charge < -0.3 is 4.74 Å². The summed E-state index contributed by atoms with van der Waals surface area (Å²) in [6.45, 7) is 3.75. The third-order valence-corrected chi connectivity index (χ3v) is 4.19. The lowest BCUT2D eigenvalue weighted by molar-refractivity contribution is -0.140. The summed E-state index contributed by atoms with van der Waals surface area (Å²) in [6, 6.07) is 0. The minimum atomic E-state index is -0.299. The number of cyclic esters (lactones) is 1. The SMILES string of the molecule is CCCCCCCCCCCCC1C=C(CC(C)=O)C(=O)O1. The molecule has 0 amide bonds. The van der Waals surface area contributed by atoms with Gasteiger partial charge in [0.15, 0.2) is 0 Å². The van der Waals surface area contributed by atoms with Crippen molar-refractivity contribution in [3.8, 4) is 0 Å². The molecule has 1 atom stereocenters. The lowest BCUT2D eigenvalue weighted by Gasteiger charge is -2.07. The molecule has 0 bridgehead atoms. The van der Waals surface area contributed by atoms with E-state index in [1.807, 2.05) is 6.08 Å². The molecule has 0 radical (unpaired) electrons. The van der Waals surface area contributed by atoms with E-state index in [1.165, 1.54) is 64.7 Å². The Morgan fingerprint density at radius 3 is 2.09 bits per heavy atom. The number of esters is 1. The van der Waals surface area contributed by atoms with Gasteiger partial charge in [-0.1, -0.05) is 64.7 Å². The zero-order chi connectivity index (χ0) is 16.2. The van der Waals surface area contributed by atoms with E-state index in [1.54, 1.807) is 0 Å². The Balaban J connectivity index is 1.98. The minimum absolute atomic E-state index is 0.0165. The largest absolute Gasteiger partial charge is 0.455 e. The van der Waals surface area contributed by atoms with Gasteiger partial charge in [-0.05, 0) is 25.8 Å². The molecule has 1 aliphatic rings. The third kappa shape index (κ3) is 8.35. The van der Waals surface area contributed by atoms with E-state index in [-0.39, 0.29) is 24.3 Å². The summed E-state index contributed by atoms with van der Waals surface area (Å²) < 4.78 is 5.27. The first-order valence-corrected chi connectivity index (χ1v) is 9.04. The Kier molecular flexibility index (Phi) is 9.85. The summed E-state index contributed by atoms with van der Waals surface area (Å²) in [4.78, 5) is 22.6. The van der Waals surface area contributed by atoms with Gasteiger partial charge in [0.2, 0.25) is 0 Å². The zero-order valence-corrected chi connectivity index (χ0v) is 14.4. The fraction of sp³-hybridized carbons (Fsp3) is 0.789. The molecule has 126 valence electrons. The number of hydrogen-bond acceptors (Lipinski definition) is 3. The van der Waals surface area contributed by atoms with Crippen LogP contribution in [0.4, 0.5) is 0 Å². The summed E-state index contributed by atoms with van der Waals surface area (Å²) in [6.07, 6.45) is 15.9. The lowest BCUT2D eigenvalue weighted by atomic mass is 10.0.